The van der Waals surface area contributed by atoms with Crippen molar-refractivity contribution >= 4 is 24.0 Å². The van der Waals surface area contributed by atoms with Crippen molar-refractivity contribution in [1.82, 2.24) is 0 Å². The summed E-state index contributed by atoms with van der Waals surface area (Å²) >= 11 is -0.715. The van der Waals surface area contributed by atoms with Crippen molar-refractivity contribution in [1.29, 1.82) is 0 Å². The number of carbonyl (C=O) groups excluding carboxylic acids is 2. The molecular weight excluding hydrogens is 338 g/mol. The van der Waals surface area contributed by atoms with Crippen LogP contribution in [0.15, 0.2) is 12.7 Å². The van der Waals surface area contributed by atoms with Crippen LogP contribution in [0, 0.1) is 0 Å². The molecule has 0 spiro atoms. The second-order valence-electron chi connectivity index (χ2n) is 4.37. The molecule has 0 amide bonds. The molecule has 0 aliphatic rings. The molecule has 0 rings (SSSR count). The average molecular weight is 357 g/mol. The molecular formula is C13H19F2O7S-. The summed E-state index contributed by atoms with van der Waals surface area (Å²) in [6, 6.07) is 0. The highest BCUT2D eigenvalue weighted by atomic mass is 32.2. The SMILES string of the molecule is C=CC(=O)OCCCCCCCCOC(=O)C(F)(F)SOO[O-]. The predicted molar refractivity (Wildman–Crippen MR) is 74.5 cm³/mol. The predicted octanol–water partition coefficient (Wildman–Crippen LogP) is 2.06. The highest BCUT2D eigenvalue weighted by Gasteiger charge is 2.43. The van der Waals surface area contributed by atoms with Gasteiger partial charge in [-0.2, -0.15) is 13.1 Å². The minimum absolute atomic E-state index is 0.149. The van der Waals surface area contributed by atoms with E-state index in [1.165, 1.54) is 0 Å². The molecule has 0 aromatic heterocycles. The standard InChI is InChI=1S/C13H20F2O7S/c1-2-11(16)19-9-7-5-3-4-6-8-10-20-12(17)13(14,15)23-22-21-18/h2,18H,1,3-10H2/p-1. The van der Waals surface area contributed by atoms with Crippen molar-refractivity contribution in [3.05, 3.63) is 12.7 Å². The van der Waals surface area contributed by atoms with E-state index in [1.807, 2.05) is 0 Å². The fourth-order valence-corrected chi connectivity index (χ4v) is 1.72. The van der Waals surface area contributed by atoms with E-state index in [9.17, 15) is 23.6 Å². The fraction of sp³-hybridized carbons (Fsp3) is 0.692. The first-order chi connectivity index (χ1) is 10.9. The van der Waals surface area contributed by atoms with Gasteiger partial charge in [0.1, 0.15) is 12.0 Å². The first-order valence-corrected chi connectivity index (χ1v) is 7.66. The molecule has 0 aliphatic heterocycles. The van der Waals surface area contributed by atoms with Crippen LogP contribution in [0.4, 0.5) is 8.78 Å². The van der Waals surface area contributed by atoms with Crippen molar-refractivity contribution in [2.24, 2.45) is 0 Å². The Bertz CT molecular complexity index is 366. The largest absolute Gasteiger partial charge is 0.691 e. The Balaban J connectivity index is 3.47. The van der Waals surface area contributed by atoms with Gasteiger partial charge in [-0.15, -0.1) is 0 Å². The van der Waals surface area contributed by atoms with Gasteiger partial charge in [0.2, 0.25) is 0 Å². The van der Waals surface area contributed by atoms with E-state index in [0.717, 1.165) is 31.8 Å². The van der Waals surface area contributed by atoms with Crippen LogP contribution in [0.2, 0.25) is 0 Å². The zero-order valence-electron chi connectivity index (χ0n) is 12.5. The topological polar surface area (TPSA) is 94.1 Å². The second kappa shape index (κ2) is 13.2. The van der Waals surface area contributed by atoms with Gasteiger partial charge < -0.3 is 14.7 Å². The van der Waals surface area contributed by atoms with Gasteiger partial charge in [-0.25, -0.2) is 9.59 Å². The summed E-state index contributed by atoms with van der Waals surface area (Å²) in [6.07, 6.45) is 5.58. The summed E-state index contributed by atoms with van der Waals surface area (Å²) < 4.78 is 38.5. The monoisotopic (exact) mass is 357 g/mol. The van der Waals surface area contributed by atoms with Gasteiger partial charge in [-0.05, 0) is 12.8 Å². The molecule has 7 nitrogen and oxygen atoms in total. The maximum atomic E-state index is 12.9. The molecule has 0 radical (unpaired) electrons. The lowest BCUT2D eigenvalue weighted by Gasteiger charge is -2.13. The van der Waals surface area contributed by atoms with Crippen LogP contribution in [0.25, 0.3) is 0 Å². The van der Waals surface area contributed by atoms with Gasteiger partial charge in [-0.3, -0.25) is 5.04 Å². The number of halogens is 2. The number of rotatable bonds is 14. The molecule has 0 bridgehead atoms. The minimum Gasteiger partial charge on any atom is -0.691 e. The Morgan fingerprint density at radius 1 is 1.04 bits per heavy atom. The van der Waals surface area contributed by atoms with Crippen molar-refractivity contribution in [2.75, 3.05) is 13.2 Å². The fourth-order valence-electron chi connectivity index (χ4n) is 1.48. The third kappa shape index (κ3) is 11.9. The lowest BCUT2D eigenvalue weighted by molar-refractivity contribution is -0.777. The molecule has 134 valence electrons. The molecule has 0 heterocycles. The summed E-state index contributed by atoms with van der Waals surface area (Å²) in [5.74, 6) is -2.24. The van der Waals surface area contributed by atoms with Gasteiger partial charge in [0.15, 0.2) is 0 Å². The molecule has 0 unspecified atom stereocenters. The van der Waals surface area contributed by atoms with Gasteiger partial charge >= 0.3 is 17.2 Å². The van der Waals surface area contributed by atoms with Crippen molar-refractivity contribution in [2.45, 2.75) is 43.8 Å². The van der Waals surface area contributed by atoms with Crippen LogP contribution in [0.1, 0.15) is 38.5 Å². The number of carbonyl (C=O) groups is 2. The lowest BCUT2D eigenvalue weighted by Crippen LogP contribution is -2.28. The number of unbranched alkanes of at least 4 members (excludes halogenated alkanes) is 5. The third-order valence-electron chi connectivity index (χ3n) is 2.59. The zero-order valence-corrected chi connectivity index (χ0v) is 13.3. The molecule has 0 aliphatic carbocycles. The Morgan fingerprint density at radius 3 is 2.09 bits per heavy atom. The third-order valence-corrected chi connectivity index (χ3v) is 3.09. The molecule has 0 saturated heterocycles. The van der Waals surface area contributed by atoms with E-state index in [4.69, 9.17) is 4.74 Å². The second-order valence-corrected chi connectivity index (χ2v) is 5.18. The Hall–Kier alpha value is -1.23. The van der Waals surface area contributed by atoms with E-state index in [-0.39, 0.29) is 6.61 Å². The van der Waals surface area contributed by atoms with Crippen LogP contribution in [0.3, 0.4) is 0 Å². The van der Waals surface area contributed by atoms with E-state index in [1.54, 1.807) is 0 Å². The minimum atomic E-state index is -3.99. The van der Waals surface area contributed by atoms with Crippen LogP contribution in [0.5, 0.6) is 0 Å². The Labute approximate surface area is 137 Å². The van der Waals surface area contributed by atoms with Gasteiger partial charge in [-0.1, -0.05) is 32.3 Å². The summed E-state index contributed by atoms with van der Waals surface area (Å²) in [6.45, 7) is 3.46. The number of ether oxygens (including phenoxy) is 2. The number of alkyl halides is 2. The molecule has 0 N–H and O–H groups in total. The summed E-state index contributed by atoms with van der Waals surface area (Å²) in [7, 11) is 0. The number of hydrogen-bond acceptors (Lipinski definition) is 8. The number of esters is 2. The van der Waals surface area contributed by atoms with E-state index in [0.29, 0.717) is 19.4 Å². The van der Waals surface area contributed by atoms with Gasteiger partial charge in [0.05, 0.1) is 13.2 Å². The molecule has 0 atom stereocenters. The van der Waals surface area contributed by atoms with E-state index < -0.39 is 29.2 Å². The normalized spacial score (nSPS) is 11.1. The van der Waals surface area contributed by atoms with E-state index >= 15 is 0 Å². The summed E-state index contributed by atoms with van der Waals surface area (Å²) in [5, 5.41) is 8.16. The maximum absolute atomic E-state index is 12.9. The summed E-state index contributed by atoms with van der Waals surface area (Å²) in [4.78, 5) is 21.7. The van der Waals surface area contributed by atoms with Crippen LogP contribution in [-0.2, 0) is 28.4 Å². The number of hydrogen-bond donors (Lipinski definition) is 0. The maximum Gasteiger partial charge on any atom is 0.415 e. The van der Waals surface area contributed by atoms with E-state index in [2.05, 4.69) is 20.7 Å². The van der Waals surface area contributed by atoms with Crippen molar-refractivity contribution < 1.29 is 42.5 Å². The first kappa shape index (κ1) is 21.8. The smallest absolute Gasteiger partial charge is 0.415 e. The first-order valence-electron chi connectivity index (χ1n) is 6.92. The molecule has 0 saturated carbocycles. The molecule has 0 aromatic rings. The van der Waals surface area contributed by atoms with Crippen molar-refractivity contribution in [3.8, 4) is 0 Å². The highest BCUT2D eigenvalue weighted by Crippen LogP contribution is 2.31. The highest BCUT2D eigenvalue weighted by molar-refractivity contribution is 7.96. The van der Waals surface area contributed by atoms with Crippen LogP contribution in [-0.4, -0.2) is 30.4 Å². The lowest BCUT2D eigenvalue weighted by atomic mass is 10.1. The van der Waals surface area contributed by atoms with Crippen LogP contribution < -0.4 is 5.26 Å². The van der Waals surface area contributed by atoms with Crippen LogP contribution >= 0.6 is 12.0 Å². The zero-order chi connectivity index (χ0) is 17.6. The quantitative estimate of drug-likeness (QED) is 0.116. The Kier molecular flexibility index (Phi) is 12.5. The molecule has 23 heavy (non-hydrogen) atoms. The Morgan fingerprint density at radius 2 is 1.57 bits per heavy atom. The van der Waals surface area contributed by atoms with Gasteiger partial charge in [0, 0.05) is 6.08 Å². The van der Waals surface area contributed by atoms with Crippen molar-refractivity contribution in [3.63, 3.8) is 0 Å². The average Bonchev–Trinajstić information content (AvgIpc) is 2.54. The van der Waals surface area contributed by atoms with Gasteiger partial charge in [0.25, 0.3) is 0 Å². The summed E-state index contributed by atoms with van der Waals surface area (Å²) in [5.41, 5.74) is 0. The molecule has 0 fully saturated rings. The molecule has 10 heteroatoms. The molecule has 0 aromatic carbocycles.